The van der Waals surface area contributed by atoms with Crippen LogP contribution in [0, 0.1) is 0 Å². The Morgan fingerprint density at radius 1 is 1.32 bits per heavy atom. The number of hydrogen-bond donors (Lipinski definition) is 1. The van der Waals surface area contributed by atoms with Crippen LogP contribution < -0.4 is 11.2 Å². The van der Waals surface area contributed by atoms with Gasteiger partial charge < -0.3 is 13.9 Å². The highest BCUT2D eigenvalue weighted by Crippen LogP contribution is 2.62. The summed E-state index contributed by atoms with van der Waals surface area (Å²) in [5.41, 5.74) is -2.56. The number of nitrogens with one attached hydrogen (secondary N) is 1. The smallest absolute Gasteiger partial charge is 0.330 e. The highest BCUT2D eigenvalue weighted by molar-refractivity contribution is 8.14. The Morgan fingerprint density at radius 3 is 2.39 bits per heavy atom. The first-order valence-corrected chi connectivity index (χ1v) is 14.1. The molecule has 1 saturated carbocycles. The number of aromatic amines is 1. The van der Waals surface area contributed by atoms with Gasteiger partial charge in [-0.1, -0.05) is 20.8 Å². The lowest BCUT2D eigenvalue weighted by molar-refractivity contribution is -0.0821. The molecule has 1 aliphatic carbocycles. The molecule has 1 saturated heterocycles. The van der Waals surface area contributed by atoms with Crippen LogP contribution in [-0.4, -0.2) is 56.5 Å². The number of nitrogens with zero attached hydrogens (tertiary/aromatic N) is 1. The normalized spacial score (nSPS) is 33.0. The zero-order chi connectivity index (χ0) is 21.3. The molecule has 0 spiro atoms. The third-order valence-electron chi connectivity index (χ3n) is 5.97. The summed E-state index contributed by atoms with van der Waals surface area (Å²) in [5.74, 6) is 0. The lowest BCUT2D eigenvalue weighted by Gasteiger charge is -2.41. The lowest BCUT2D eigenvalue weighted by Crippen LogP contribution is -2.52. The molecule has 1 aliphatic heterocycles. The Hall–Kier alpha value is -0.983. The van der Waals surface area contributed by atoms with E-state index in [9.17, 15) is 18.0 Å². The molecule has 1 aromatic heterocycles. The van der Waals surface area contributed by atoms with Gasteiger partial charge in [0, 0.05) is 30.1 Å². The van der Waals surface area contributed by atoms with Gasteiger partial charge in [0.1, 0.15) is 23.1 Å². The van der Waals surface area contributed by atoms with Crippen molar-refractivity contribution in [3.8, 4) is 0 Å². The monoisotopic (exact) mass is 452 g/mol. The van der Waals surface area contributed by atoms with Gasteiger partial charge in [-0.15, -0.1) is 0 Å². The predicted octanol–water partition coefficient (Wildman–Crippen LogP) is 1.16. The molecule has 0 aromatic carbocycles. The molecule has 2 heterocycles. The van der Waals surface area contributed by atoms with Crippen molar-refractivity contribution >= 4 is 28.1 Å². The summed E-state index contributed by atoms with van der Waals surface area (Å²) in [4.78, 5) is 25.8. The van der Waals surface area contributed by atoms with Crippen molar-refractivity contribution in [1.29, 1.82) is 0 Å². The lowest BCUT2D eigenvalue weighted by atomic mass is 10.1. The van der Waals surface area contributed by atoms with Gasteiger partial charge in [0.2, 0.25) is 9.05 Å². The molecule has 0 amide bonds. The zero-order valence-electron chi connectivity index (χ0n) is 16.6. The number of aromatic nitrogens is 2. The molecular formula is C16H25ClN2O7SSi. The fraction of sp³-hybridized carbons (Fsp3) is 0.750. The number of ether oxygens (including phenoxy) is 2. The van der Waals surface area contributed by atoms with Crippen LogP contribution in [0.5, 0.6) is 0 Å². The van der Waals surface area contributed by atoms with Crippen LogP contribution in [0.2, 0.25) is 18.1 Å². The second-order valence-corrected chi connectivity index (χ2v) is 16.2. The standard InChI is InChI=1S/C16H25ClN2O7SSi/c1-15(2,3)28(5,6)26-16-10(12(16)27(17,22)23)25-13(11(16)24-4)19-8-7-9(20)18-14(19)21/h7-8,10-13H,1-6H3,(H,18,20,21)/t10-,11+,12?,13-,16?/m1/s1. The summed E-state index contributed by atoms with van der Waals surface area (Å²) >= 11 is 0. The third kappa shape index (κ3) is 3.21. The number of halogens is 1. The second kappa shape index (κ2) is 6.51. The Labute approximate surface area is 168 Å². The molecule has 1 N–H and O–H groups in total. The maximum atomic E-state index is 12.2. The van der Waals surface area contributed by atoms with Crippen LogP contribution in [0.4, 0.5) is 0 Å². The van der Waals surface area contributed by atoms with Crippen molar-refractivity contribution in [2.75, 3.05) is 7.11 Å². The fourth-order valence-corrected chi connectivity index (χ4v) is 7.13. The number of fused-ring (bicyclic) bond motifs is 1. The van der Waals surface area contributed by atoms with Crippen LogP contribution in [0.15, 0.2) is 21.9 Å². The molecule has 158 valence electrons. The first kappa shape index (κ1) is 21.7. The quantitative estimate of drug-likeness (QED) is 0.526. The van der Waals surface area contributed by atoms with Gasteiger partial charge in [-0.3, -0.25) is 14.3 Å². The summed E-state index contributed by atoms with van der Waals surface area (Å²) in [5, 5.41) is -1.31. The van der Waals surface area contributed by atoms with Crippen molar-refractivity contribution in [1.82, 2.24) is 9.55 Å². The van der Waals surface area contributed by atoms with Crippen molar-refractivity contribution in [2.24, 2.45) is 0 Å². The molecule has 2 aliphatic rings. The van der Waals surface area contributed by atoms with E-state index in [0.717, 1.165) is 4.57 Å². The Bertz CT molecular complexity index is 999. The van der Waals surface area contributed by atoms with Gasteiger partial charge in [-0.25, -0.2) is 13.2 Å². The van der Waals surface area contributed by atoms with E-state index in [-0.39, 0.29) is 5.04 Å². The SMILES string of the molecule is CO[C@H]1[C@H](n2ccc(=O)[nH]c2=O)O[C@@H]2C(S(=O)(=O)Cl)C21O[Si](C)(C)C(C)(C)C. The summed E-state index contributed by atoms with van der Waals surface area (Å²) in [6.45, 7) is 10.1. The highest BCUT2D eigenvalue weighted by atomic mass is 35.7. The number of rotatable bonds is 5. The minimum absolute atomic E-state index is 0.208. The first-order chi connectivity index (χ1) is 12.7. The largest absolute Gasteiger partial charge is 0.404 e. The predicted molar refractivity (Wildman–Crippen MR) is 106 cm³/mol. The van der Waals surface area contributed by atoms with Crippen molar-refractivity contribution < 1.29 is 22.3 Å². The van der Waals surface area contributed by atoms with Crippen molar-refractivity contribution in [3.05, 3.63) is 33.1 Å². The molecule has 2 fully saturated rings. The Balaban J connectivity index is 2.08. The summed E-state index contributed by atoms with van der Waals surface area (Å²) < 4.78 is 43.6. The van der Waals surface area contributed by atoms with Crippen LogP contribution in [0.1, 0.15) is 27.0 Å². The van der Waals surface area contributed by atoms with E-state index in [1.807, 2.05) is 33.9 Å². The van der Waals surface area contributed by atoms with Gasteiger partial charge in [0.15, 0.2) is 14.5 Å². The van der Waals surface area contributed by atoms with Crippen LogP contribution in [0.25, 0.3) is 0 Å². The number of hydrogen-bond acceptors (Lipinski definition) is 7. The molecule has 2 unspecified atom stereocenters. The molecule has 0 bridgehead atoms. The average Bonchev–Trinajstić information content (AvgIpc) is 3.02. The third-order valence-corrected chi connectivity index (χ3v) is 12.2. The number of methoxy groups -OCH3 is 1. The summed E-state index contributed by atoms with van der Waals surface area (Å²) in [6.07, 6.45) is -1.46. The maximum Gasteiger partial charge on any atom is 0.330 e. The Morgan fingerprint density at radius 2 is 1.93 bits per heavy atom. The van der Waals surface area contributed by atoms with Gasteiger partial charge in [0.25, 0.3) is 5.56 Å². The minimum Gasteiger partial charge on any atom is -0.404 e. The maximum absolute atomic E-state index is 12.2. The van der Waals surface area contributed by atoms with Gasteiger partial charge in [-0.05, 0) is 18.1 Å². The molecule has 12 heteroatoms. The fourth-order valence-electron chi connectivity index (χ4n) is 3.55. The van der Waals surface area contributed by atoms with E-state index in [4.69, 9.17) is 24.6 Å². The highest BCUT2D eigenvalue weighted by Gasteiger charge is 2.84. The Kier molecular flexibility index (Phi) is 5.05. The van der Waals surface area contributed by atoms with E-state index in [1.165, 1.54) is 19.4 Å². The molecule has 0 radical (unpaired) electrons. The molecule has 28 heavy (non-hydrogen) atoms. The van der Waals surface area contributed by atoms with E-state index in [2.05, 4.69) is 4.98 Å². The second-order valence-electron chi connectivity index (χ2n) is 8.73. The summed E-state index contributed by atoms with van der Waals surface area (Å²) in [6, 6.07) is 1.18. The van der Waals surface area contributed by atoms with Crippen LogP contribution in [0.3, 0.4) is 0 Å². The topological polar surface area (TPSA) is 117 Å². The molecule has 5 atom stereocenters. The zero-order valence-corrected chi connectivity index (χ0v) is 19.1. The van der Waals surface area contributed by atoms with E-state index >= 15 is 0 Å². The van der Waals surface area contributed by atoms with Gasteiger partial charge >= 0.3 is 5.69 Å². The number of H-pyrrole nitrogens is 1. The van der Waals surface area contributed by atoms with E-state index in [1.54, 1.807) is 0 Å². The van der Waals surface area contributed by atoms with E-state index < -0.39 is 57.9 Å². The summed E-state index contributed by atoms with van der Waals surface area (Å²) in [7, 11) is 0.614. The van der Waals surface area contributed by atoms with Crippen molar-refractivity contribution in [2.45, 2.75) is 68.2 Å². The van der Waals surface area contributed by atoms with Gasteiger partial charge in [0.05, 0.1) is 0 Å². The first-order valence-electron chi connectivity index (χ1n) is 8.80. The van der Waals surface area contributed by atoms with Crippen LogP contribution >= 0.6 is 10.7 Å². The van der Waals surface area contributed by atoms with E-state index in [0.29, 0.717) is 0 Å². The van der Waals surface area contributed by atoms with Crippen molar-refractivity contribution in [3.63, 3.8) is 0 Å². The minimum atomic E-state index is -4.01. The molecule has 9 nitrogen and oxygen atoms in total. The molecule has 3 rings (SSSR count). The van der Waals surface area contributed by atoms with Crippen LogP contribution in [-0.2, 0) is 23.0 Å². The molecular weight excluding hydrogens is 428 g/mol. The molecule has 1 aromatic rings. The van der Waals surface area contributed by atoms with Gasteiger partial charge in [-0.2, -0.15) is 0 Å². The average molecular weight is 453 g/mol.